The van der Waals surface area contributed by atoms with Gasteiger partial charge in [0, 0.05) is 18.5 Å². The quantitative estimate of drug-likeness (QED) is 0.749. The zero-order valence-electron chi connectivity index (χ0n) is 14.2. The van der Waals surface area contributed by atoms with Crippen molar-refractivity contribution in [1.29, 1.82) is 0 Å². The number of nitrogens with zero attached hydrogens (tertiary/aromatic N) is 2. The van der Waals surface area contributed by atoms with Gasteiger partial charge in [-0.3, -0.25) is 19.3 Å². The average Bonchev–Trinajstić information content (AvgIpc) is 2.63. The van der Waals surface area contributed by atoms with Gasteiger partial charge in [0.1, 0.15) is 6.54 Å². The van der Waals surface area contributed by atoms with Gasteiger partial charge in [0.25, 0.3) is 0 Å². The van der Waals surface area contributed by atoms with Crippen molar-refractivity contribution in [3.63, 3.8) is 0 Å². The first-order valence-corrected chi connectivity index (χ1v) is 8.44. The standard InChI is InChI=1S/C17H28N2O3/c1-12(2)19(13(3)4)15(21)11-18-14(20)10-17(16(18)22)8-6-5-7-9-17/h12-13H,5-11H2,1-4H3. The van der Waals surface area contributed by atoms with Crippen molar-refractivity contribution in [2.75, 3.05) is 6.54 Å². The molecule has 2 aliphatic rings. The van der Waals surface area contributed by atoms with Crippen LogP contribution < -0.4 is 0 Å². The van der Waals surface area contributed by atoms with E-state index in [1.54, 1.807) is 4.90 Å². The number of carbonyl (C=O) groups excluding carboxylic acids is 3. The predicted molar refractivity (Wildman–Crippen MR) is 84.0 cm³/mol. The van der Waals surface area contributed by atoms with E-state index in [0.29, 0.717) is 6.42 Å². The molecule has 0 aromatic heterocycles. The highest BCUT2D eigenvalue weighted by molar-refractivity contribution is 6.08. The van der Waals surface area contributed by atoms with Crippen molar-refractivity contribution in [1.82, 2.24) is 9.80 Å². The normalized spacial score (nSPS) is 21.3. The lowest BCUT2D eigenvalue weighted by molar-refractivity contribution is -0.149. The Morgan fingerprint density at radius 1 is 1.09 bits per heavy atom. The van der Waals surface area contributed by atoms with Gasteiger partial charge in [-0.2, -0.15) is 0 Å². The Kier molecular flexibility index (Phi) is 4.93. The number of hydrogen-bond acceptors (Lipinski definition) is 3. The van der Waals surface area contributed by atoms with E-state index in [1.165, 1.54) is 4.90 Å². The molecular formula is C17H28N2O3. The molecule has 1 aliphatic carbocycles. The fourth-order valence-electron chi connectivity index (χ4n) is 4.03. The average molecular weight is 308 g/mol. The topological polar surface area (TPSA) is 57.7 Å². The molecule has 0 N–H and O–H groups in total. The summed E-state index contributed by atoms with van der Waals surface area (Å²) in [7, 11) is 0. The summed E-state index contributed by atoms with van der Waals surface area (Å²) in [5.41, 5.74) is -0.504. The number of rotatable bonds is 4. The van der Waals surface area contributed by atoms with Crippen LogP contribution in [-0.4, -0.2) is 46.1 Å². The van der Waals surface area contributed by atoms with Gasteiger partial charge >= 0.3 is 0 Å². The molecule has 1 heterocycles. The molecule has 0 bridgehead atoms. The zero-order valence-corrected chi connectivity index (χ0v) is 14.2. The Morgan fingerprint density at radius 2 is 1.64 bits per heavy atom. The first-order chi connectivity index (χ1) is 10.3. The molecule has 5 nitrogen and oxygen atoms in total. The smallest absolute Gasteiger partial charge is 0.243 e. The van der Waals surface area contributed by atoms with E-state index in [-0.39, 0.29) is 36.3 Å². The van der Waals surface area contributed by atoms with Crippen LogP contribution in [0.2, 0.25) is 0 Å². The third kappa shape index (κ3) is 3.03. The lowest BCUT2D eigenvalue weighted by Crippen LogP contribution is -2.49. The van der Waals surface area contributed by atoms with Gasteiger partial charge in [-0.15, -0.1) is 0 Å². The second kappa shape index (κ2) is 6.39. The minimum absolute atomic E-state index is 0.0592. The highest BCUT2D eigenvalue weighted by Crippen LogP contribution is 2.45. The second-order valence-electron chi connectivity index (χ2n) is 7.29. The van der Waals surface area contributed by atoms with E-state index in [4.69, 9.17) is 0 Å². The van der Waals surface area contributed by atoms with Crippen molar-refractivity contribution >= 4 is 17.7 Å². The largest absolute Gasteiger partial charge is 0.336 e. The fourth-order valence-corrected chi connectivity index (χ4v) is 4.03. The number of carbonyl (C=O) groups is 3. The molecule has 0 aromatic rings. The highest BCUT2D eigenvalue weighted by atomic mass is 16.2. The van der Waals surface area contributed by atoms with Crippen molar-refractivity contribution in [2.45, 2.75) is 78.3 Å². The molecule has 1 aliphatic heterocycles. The Bertz CT molecular complexity index is 457. The van der Waals surface area contributed by atoms with Crippen molar-refractivity contribution in [3.8, 4) is 0 Å². The maximum Gasteiger partial charge on any atom is 0.243 e. The minimum Gasteiger partial charge on any atom is -0.336 e. The summed E-state index contributed by atoms with van der Waals surface area (Å²) in [6.07, 6.45) is 5.02. The molecule has 0 unspecified atom stereocenters. The molecule has 2 rings (SSSR count). The van der Waals surface area contributed by atoms with E-state index in [2.05, 4.69) is 0 Å². The summed E-state index contributed by atoms with van der Waals surface area (Å²) in [4.78, 5) is 40.5. The monoisotopic (exact) mass is 308 g/mol. The molecule has 22 heavy (non-hydrogen) atoms. The summed E-state index contributed by atoms with van der Waals surface area (Å²) in [6, 6.07) is 0.118. The predicted octanol–water partition coefficient (Wildman–Crippen LogP) is 2.34. The first-order valence-electron chi connectivity index (χ1n) is 8.44. The van der Waals surface area contributed by atoms with Crippen LogP contribution in [0.3, 0.4) is 0 Å². The third-order valence-corrected chi connectivity index (χ3v) is 4.99. The summed E-state index contributed by atoms with van der Waals surface area (Å²) >= 11 is 0. The number of amides is 3. The molecular weight excluding hydrogens is 280 g/mol. The lowest BCUT2D eigenvalue weighted by atomic mass is 9.73. The maximum atomic E-state index is 12.7. The molecule has 3 amide bonds. The van der Waals surface area contributed by atoms with Gasteiger partial charge in [0.15, 0.2) is 0 Å². The van der Waals surface area contributed by atoms with E-state index in [0.717, 1.165) is 32.1 Å². The third-order valence-electron chi connectivity index (χ3n) is 4.99. The van der Waals surface area contributed by atoms with Gasteiger partial charge in [-0.05, 0) is 40.5 Å². The zero-order chi connectivity index (χ0) is 16.5. The number of imide groups is 1. The van der Waals surface area contributed by atoms with Gasteiger partial charge in [0.2, 0.25) is 17.7 Å². The Labute approximate surface area is 133 Å². The molecule has 1 saturated carbocycles. The molecule has 1 spiro atoms. The molecule has 1 saturated heterocycles. The van der Waals surface area contributed by atoms with Crippen molar-refractivity contribution in [2.24, 2.45) is 5.41 Å². The van der Waals surface area contributed by atoms with Crippen LogP contribution in [0.5, 0.6) is 0 Å². The molecule has 0 aromatic carbocycles. The summed E-state index contributed by atoms with van der Waals surface area (Å²) in [5, 5.41) is 0. The van der Waals surface area contributed by atoms with E-state index in [1.807, 2.05) is 27.7 Å². The second-order valence-corrected chi connectivity index (χ2v) is 7.29. The van der Waals surface area contributed by atoms with Gasteiger partial charge in [-0.1, -0.05) is 19.3 Å². The first kappa shape index (κ1) is 17.0. The van der Waals surface area contributed by atoms with Crippen LogP contribution in [0.15, 0.2) is 0 Å². The number of hydrogen-bond donors (Lipinski definition) is 0. The SMILES string of the molecule is CC(C)N(C(=O)CN1C(=O)CC2(CCCCC2)C1=O)C(C)C. The maximum absolute atomic E-state index is 12.7. The van der Waals surface area contributed by atoms with Gasteiger partial charge in [-0.25, -0.2) is 0 Å². The Balaban J connectivity index is 2.11. The molecule has 2 fully saturated rings. The summed E-state index contributed by atoms with van der Waals surface area (Å²) in [6.45, 7) is 7.71. The van der Waals surface area contributed by atoms with E-state index < -0.39 is 5.41 Å². The molecule has 0 radical (unpaired) electrons. The van der Waals surface area contributed by atoms with Crippen LogP contribution in [0, 0.1) is 5.41 Å². The molecule has 0 atom stereocenters. The van der Waals surface area contributed by atoms with Gasteiger partial charge in [0.05, 0.1) is 5.41 Å². The van der Waals surface area contributed by atoms with Gasteiger partial charge < -0.3 is 4.90 Å². The minimum atomic E-state index is -0.504. The van der Waals surface area contributed by atoms with Crippen LogP contribution in [0.1, 0.15) is 66.2 Å². The Hall–Kier alpha value is -1.39. The van der Waals surface area contributed by atoms with Crippen LogP contribution in [0.25, 0.3) is 0 Å². The molecule has 124 valence electrons. The molecule has 5 heteroatoms. The van der Waals surface area contributed by atoms with Crippen LogP contribution in [-0.2, 0) is 14.4 Å². The summed E-state index contributed by atoms with van der Waals surface area (Å²) in [5.74, 6) is -0.426. The van der Waals surface area contributed by atoms with E-state index >= 15 is 0 Å². The lowest BCUT2D eigenvalue weighted by Gasteiger charge is -2.33. The van der Waals surface area contributed by atoms with Crippen LogP contribution in [0.4, 0.5) is 0 Å². The van der Waals surface area contributed by atoms with Crippen molar-refractivity contribution < 1.29 is 14.4 Å². The Morgan fingerprint density at radius 3 is 2.14 bits per heavy atom. The van der Waals surface area contributed by atoms with Crippen molar-refractivity contribution in [3.05, 3.63) is 0 Å². The van der Waals surface area contributed by atoms with Crippen LogP contribution >= 0.6 is 0 Å². The fraction of sp³-hybridized carbons (Fsp3) is 0.824. The summed E-state index contributed by atoms with van der Waals surface area (Å²) < 4.78 is 0. The number of likely N-dealkylation sites (tertiary alicyclic amines) is 1. The highest BCUT2D eigenvalue weighted by Gasteiger charge is 2.52. The van der Waals surface area contributed by atoms with E-state index in [9.17, 15) is 14.4 Å².